The molecule has 0 atom stereocenters. The summed E-state index contributed by atoms with van der Waals surface area (Å²) in [5.41, 5.74) is 16.7. The molecule has 0 saturated carbocycles. The van der Waals surface area contributed by atoms with Crippen LogP contribution in [0.5, 0.6) is 11.5 Å². The Morgan fingerprint density at radius 2 is 1.06 bits per heavy atom. The Hall–Kier alpha value is -6.06. The van der Waals surface area contributed by atoms with Crippen LogP contribution in [0.4, 0.5) is 34.1 Å². The topological polar surface area (TPSA) is 15.7 Å². The monoisotopic (exact) mass is 658 g/mol. The summed E-state index contributed by atoms with van der Waals surface area (Å²) in [4.78, 5) is 4.86. The zero-order valence-corrected chi connectivity index (χ0v) is 29.3. The lowest BCUT2D eigenvalue weighted by atomic mass is 9.73. The van der Waals surface area contributed by atoms with Gasteiger partial charge in [0.25, 0.3) is 0 Å². The number of rotatable bonds is 4. The second-order valence-corrected chi connectivity index (χ2v) is 15.0. The zero-order chi connectivity index (χ0) is 34.5. The molecule has 0 saturated heterocycles. The minimum Gasteiger partial charge on any atom is -0.453 e. The third kappa shape index (κ3) is 4.31. The highest BCUT2D eigenvalue weighted by molar-refractivity contribution is 5.95. The zero-order valence-electron chi connectivity index (χ0n) is 29.3. The summed E-state index contributed by atoms with van der Waals surface area (Å²) in [6.07, 6.45) is 0. The Morgan fingerprint density at radius 1 is 0.431 bits per heavy atom. The van der Waals surface area contributed by atoms with Crippen LogP contribution in [0, 0.1) is 0 Å². The Kier molecular flexibility index (Phi) is 6.27. The van der Waals surface area contributed by atoms with Crippen molar-refractivity contribution in [2.45, 2.75) is 38.5 Å². The molecule has 3 heteroatoms. The highest BCUT2D eigenvalue weighted by atomic mass is 16.5. The van der Waals surface area contributed by atoms with E-state index in [1.165, 1.54) is 50.2 Å². The third-order valence-electron chi connectivity index (χ3n) is 11.4. The van der Waals surface area contributed by atoms with E-state index in [1.54, 1.807) is 0 Å². The fourth-order valence-corrected chi connectivity index (χ4v) is 8.81. The van der Waals surface area contributed by atoms with Gasteiger partial charge in [0.1, 0.15) is 0 Å². The molecule has 0 bridgehead atoms. The van der Waals surface area contributed by atoms with E-state index in [4.69, 9.17) is 4.74 Å². The summed E-state index contributed by atoms with van der Waals surface area (Å²) < 4.78 is 6.54. The maximum Gasteiger partial charge on any atom is 0.151 e. The SMILES string of the molecule is CC1(C)c2ccccc2-c2ccc(N(c3cccc(-c4ccccc4)c3)c3ccc4c(c3)N3c5ccccc5Oc5cccc(c53)C4(C)C)cc21. The largest absolute Gasteiger partial charge is 0.453 e. The van der Waals surface area contributed by atoms with E-state index in [9.17, 15) is 0 Å². The molecule has 0 amide bonds. The van der Waals surface area contributed by atoms with Crippen LogP contribution in [-0.4, -0.2) is 0 Å². The molecule has 0 fully saturated rings. The summed E-state index contributed by atoms with van der Waals surface area (Å²) in [5, 5.41) is 0. The normalized spacial score (nSPS) is 15.1. The molecule has 0 N–H and O–H groups in total. The molecule has 7 aromatic rings. The van der Waals surface area contributed by atoms with E-state index in [2.05, 4.69) is 189 Å². The smallest absolute Gasteiger partial charge is 0.151 e. The van der Waals surface area contributed by atoms with Gasteiger partial charge in [-0.1, -0.05) is 131 Å². The molecule has 3 aliphatic rings. The summed E-state index contributed by atoms with van der Waals surface area (Å²) in [7, 11) is 0. The number of fused-ring (bicyclic) bond motifs is 7. The Labute approximate surface area is 300 Å². The first-order chi connectivity index (χ1) is 24.8. The highest BCUT2D eigenvalue weighted by Gasteiger charge is 2.42. The van der Waals surface area contributed by atoms with Crippen molar-refractivity contribution in [3.63, 3.8) is 0 Å². The van der Waals surface area contributed by atoms with Gasteiger partial charge in [0, 0.05) is 27.9 Å². The van der Waals surface area contributed by atoms with Crippen molar-refractivity contribution < 1.29 is 4.74 Å². The Balaban J connectivity index is 1.20. The van der Waals surface area contributed by atoms with Crippen LogP contribution in [0.3, 0.4) is 0 Å². The number of para-hydroxylation sites is 3. The number of benzene rings is 7. The lowest BCUT2D eigenvalue weighted by Crippen LogP contribution is -2.32. The molecule has 3 nitrogen and oxygen atoms in total. The molecule has 0 radical (unpaired) electrons. The Morgan fingerprint density at radius 3 is 1.94 bits per heavy atom. The molecule has 0 unspecified atom stereocenters. The van der Waals surface area contributed by atoms with Gasteiger partial charge < -0.3 is 14.5 Å². The van der Waals surface area contributed by atoms with Gasteiger partial charge in [-0.25, -0.2) is 0 Å². The van der Waals surface area contributed by atoms with Gasteiger partial charge in [0.15, 0.2) is 11.5 Å². The molecular weight excluding hydrogens is 621 g/mol. The first kappa shape index (κ1) is 29.8. The van der Waals surface area contributed by atoms with Crippen LogP contribution in [-0.2, 0) is 10.8 Å². The van der Waals surface area contributed by atoms with Crippen molar-refractivity contribution in [1.82, 2.24) is 0 Å². The van der Waals surface area contributed by atoms with Crippen LogP contribution < -0.4 is 14.5 Å². The van der Waals surface area contributed by atoms with Crippen molar-refractivity contribution >= 4 is 34.1 Å². The van der Waals surface area contributed by atoms with Crippen molar-refractivity contribution in [3.8, 4) is 33.8 Å². The molecule has 246 valence electrons. The van der Waals surface area contributed by atoms with Crippen LogP contribution in [0.25, 0.3) is 22.3 Å². The fourth-order valence-electron chi connectivity index (χ4n) is 8.81. The van der Waals surface area contributed by atoms with Crippen LogP contribution >= 0.6 is 0 Å². The Bertz CT molecular complexity index is 2530. The standard InChI is InChI=1S/C48H38N2O/c1-47(2)38-19-9-8-18-36(38)37-26-24-34(29-41(37)47)49(33-17-12-16-32(28-33)31-14-6-5-7-15-31)35-25-27-39-43(30-35)50-42-21-10-11-22-44(42)51-45-23-13-20-40(46(45)50)48(39,3)4/h5-30H,1-4H3. The summed E-state index contributed by atoms with van der Waals surface area (Å²) >= 11 is 0. The molecule has 51 heavy (non-hydrogen) atoms. The quantitative estimate of drug-likeness (QED) is 0.187. The maximum absolute atomic E-state index is 6.54. The second kappa shape index (κ2) is 10.7. The molecular formula is C48H38N2O. The van der Waals surface area contributed by atoms with Crippen LogP contribution in [0.2, 0.25) is 0 Å². The molecule has 0 spiro atoms. The predicted molar refractivity (Wildman–Crippen MR) is 211 cm³/mol. The van der Waals surface area contributed by atoms with Gasteiger partial charge in [-0.15, -0.1) is 0 Å². The van der Waals surface area contributed by atoms with E-state index in [-0.39, 0.29) is 10.8 Å². The van der Waals surface area contributed by atoms with E-state index in [1.807, 2.05) is 6.07 Å². The van der Waals surface area contributed by atoms with E-state index < -0.39 is 0 Å². The van der Waals surface area contributed by atoms with Gasteiger partial charge in [0.05, 0.1) is 17.1 Å². The minimum absolute atomic E-state index is 0.114. The molecule has 10 rings (SSSR count). The van der Waals surface area contributed by atoms with Gasteiger partial charge in [0.2, 0.25) is 0 Å². The van der Waals surface area contributed by atoms with Crippen molar-refractivity contribution in [2.75, 3.05) is 9.80 Å². The summed E-state index contributed by atoms with van der Waals surface area (Å²) in [6.45, 7) is 9.38. The van der Waals surface area contributed by atoms with Crippen LogP contribution in [0.15, 0.2) is 158 Å². The number of nitrogens with zero attached hydrogens (tertiary/aromatic N) is 2. The third-order valence-corrected chi connectivity index (χ3v) is 11.4. The van der Waals surface area contributed by atoms with E-state index in [0.29, 0.717) is 0 Å². The average molecular weight is 659 g/mol. The van der Waals surface area contributed by atoms with E-state index in [0.717, 1.165) is 39.9 Å². The van der Waals surface area contributed by atoms with Gasteiger partial charge >= 0.3 is 0 Å². The van der Waals surface area contributed by atoms with E-state index >= 15 is 0 Å². The maximum atomic E-state index is 6.54. The van der Waals surface area contributed by atoms with Crippen molar-refractivity contribution in [3.05, 3.63) is 180 Å². The number of ether oxygens (including phenoxy) is 1. The molecule has 2 heterocycles. The summed E-state index contributed by atoms with van der Waals surface area (Å²) in [5.74, 6) is 1.76. The highest BCUT2D eigenvalue weighted by Crippen LogP contribution is 2.60. The second-order valence-electron chi connectivity index (χ2n) is 15.0. The van der Waals surface area contributed by atoms with Crippen LogP contribution in [0.1, 0.15) is 49.9 Å². The first-order valence-electron chi connectivity index (χ1n) is 17.9. The predicted octanol–water partition coefficient (Wildman–Crippen LogP) is 13.3. The van der Waals surface area contributed by atoms with Gasteiger partial charge in [-0.05, 0) is 99.1 Å². The van der Waals surface area contributed by atoms with Crippen molar-refractivity contribution in [2.24, 2.45) is 0 Å². The lowest BCUT2D eigenvalue weighted by molar-refractivity contribution is 0.471. The number of anilines is 6. The summed E-state index contributed by atoms with van der Waals surface area (Å²) in [6, 6.07) is 57.4. The van der Waals surface area contributed by atoms with Gasteiger partial charge in [-0.3, -0.25) is 0 Å². The minimum atomic E-state index is -0.229. The number of hydrogen-bond acceptors (Lipinski definition) is 3. The molecule has 1 aliphatic carbocycles. The molecule has 0 aromatic heterocycles. The molecule has 2 aliphatic heterocycles. The molecule has 7 aromatic carbocycles. The fraction of sp³-hybridized carbons (Fsp3) is 0.125. The van der Waals surface area contributed by atoms with Crippen molar-refractivity contribution in [1.29, 1.82) is 0 Å². The number of hydrogen-bond donors (Lipinski definition) is 0. The van der Waals surface area contributed by atoms with Gasteiger partial charge in [-0.2, -0.15) is 0 Å². The average Bonchev–Trinajstić information content (AvgIpc) is 3.39. The lowest BCUT2D eigenvalue weighted by Gasteiger charge is -2.45. The first-order valence-corrected chi connectivity index (χ1v) is 17.9.